The van der Waals surface area contributed by atoms with Crippen LogP contribution in [0.3, 0.4) is 0 Å². The summed E-state index contributed by atoms with van der Waals surface area (Å²) in [5.74, 6) is -0.00925. The molecular formula is C7H9NO2S3. The van der Waals surface area contributed by atoms with E-state index in [0.717, 1.165) is 15.1 Å². The summed E-state index contributed by atoms with van der Waals surface area (Å²) in [6, 6.07) is 0. The van der Waals surface area contributed by atoms with E-state index in [1.165, 1.54) is 0 Å². The van der Waals surface area contributed by atoms with Crippen LogP contribution in [0.4, 0.5) is 0 Å². The number of carboxylic acids is 1. The van der Waals surface area contributed by atoms with Crippen molar-refractivity contribution >= 4 is 51.5 Å². The van der Waals surface area contributed by atoms with Crippen molar-refractivity contribution in [2.24, 2.45) is 0 Å². The normalized spacial score (nSPS) is 16.8. The highest BCUT2D eigenvalue weighted by Crippen LogP contribution is 2.20. The minimum atomic E-state index is -0.774. The fraction of sp³-hybridized carbons (Fsp3) is 0.571. The van der Waals surface area contributed by atoms with Crippen molar-refractivity contribution in [3.05, 3.63) is 0 Å². The monoisotopic (exact) mass is 235 g/mol. The Morgan fingerprint density at radius 1 is 1.62 bits per heavy atom. The molecule has 0 aromatic carbocycles. The highest BCUT2D eigenvalue weighted by Gasteiger charge is 2.22. The maximum Gasteiger partial charge on any atom is 0.303 e. The number of nitrogens with zero attached hydrogens (tertiary/aromatic N) is 1. The molecule has 1 aliphatic rings. The third-order valence-corrected chi connectivity index (χ3v) is 3.62. The number of thioether (sulfide) groups is 1. The van der Waals surface area contributed by atoms with Crippen LogP contribution in [0, 0.1) is 0 Å². The van der Waals surface area contributed by atoms with Gasteiger partial charge in [0.2, 0.25) is 0 Å². The van der Waals surface area contributed by atoms with Crippen LogP contribution >= 0.6 is 36.2 Å². The molecule has 0 radical (unpaired) electrons. The molecular weight excluding hydrogens is 226 g/mol. The zero-order valence-electron chi connectivity index (χ0n) is 6.86. The Bertz CT molecular complexity index is 238. The van der Waals surface area contributed by atoms with Crippen LogP contribution < -0.4 is 0 Å². The second kappa shape index (κ2) is 4.88. The van der Waals surface area contributed by atoms with Gasteiger partial charge < -0.3 is 10.0 Å². The predicted molar refractivity (Wildman–Crippen MR) is 61.2 cm³/mol. The van der Waals surface area contributed by atoms with Crippen LogP contribution in [-0.4, -0.2) is 37.6 Å². The summed E-state index contributed by atoms with van der Waals surface area (Å²) in [5, 5.41) is 8.43. The Balaban J connectivity index is 2.31. The molecule has 1 aliphatic heterocycles. The summed E-state index contributed by atoms with van der Waals surface area (Å²) in [6.45, 7) is 0.636. The van der Waals surface area contributed by atoms with Gasteiger partial charge in [0.05, 0.1) is 10.7 Å². The fourth-order valence-electron chi connectivity index (χ4n) is 0.986. The molecule has 0 unspecified atom stereocenters. The van der Waals surface area contributed by atoms with Crippen LogP contribution in [0.1, 0.15) is 12.8 Å². The Labute approximate surface area is 91.5 Å². The quantitative estimate of drug-likeness (QED) is 0.745. The van der Waals surface area contributed by atoms with Gasteiger partial charge in [0.1, 0.15) is 4.32 Å². The van der Waals surface area contributed by atoms with Gasteiger partial charge in [-0.3, -0.25) is 4.79 Å². The lowest BCUT2D eigenvalue weighted by atomic mass is 10.3. The van der Waals surface area contributed by atoms with Crippen LogP contribution in [0.2, 0.25) is 0 Å². The van der Waals surface area contributed by atoms with Gasteiger partial charge in [-0.25, -0.2) is 0 Å². The van der Waals surface area contributed by atoms with Gasteiger partial charge in [-0.1, -0.05) is 36.2 Å². The number of carboxylic acid groups (broad SMARTS) is 1. The van der Waals surface area contributed by atoms with Gasteiger partial charge in [-0.05, 0) is 6.42 Å². The van der Waals surface area contributed by atoms with E-state index in [1.54, 1.807) is 11.8 Å². The lowest BCUT2D eigenvalue weighted by Crippen LogP contribution is -2.28. The molecule has 1 rings (SSSR count). The lowest BCUT2D eigenvalue weighted by molar-refractivity contribution is -0.137. The van der Waals surface area contributed by atoms with Gasteiger partial charge in [0.25, 0.3) is 0 Å². The Morgan fingerprint density at radius 3 is 2.77 bits per heavy atom. The first-order chi connectivity index (χ1) is 6.11. The Kier molecular flexibility index (Phi) is 4.08. The van der Waals surface area contributed by atoms with Crippen LogP contribution in [0.5, 0.6) is 0 Å². The van der Waals surface area contributed by atoms with Crippen LogP contribution in [0.25, 0.3) is 0 Å². The maximum atomic E-state index is 10.2. The summed E-state index contributed by atoms with van der Waals surface area (Å²) < 4.78 is 0.774. The van der Waals surface area contributed by atoms with Crippen molar-refractivity contribution in [1.82, 2.24) is 4.90 Å². The van der Waals surface area contributed by atoms with Crippen molar-refractivity contribution in [2.45, 2.75) is 12.8 Å². The van der Waals surface area contributed by atoms with Gasteiger partial charge >= 0.3 is 5.97 Å². The summed E-state index contributed by atoms with van der Waals surface area (Å²) in [6.07, 6.45) is 0.766. The van der Waals surface area contributed by atoms with E-state index in [0.29, 0.717) is 13.0 Å². The Morgan fingerprint density at radius 2 is 2.31 bits per heavy atom. The molecule has 0 bridgehead atoms. The fourth-order valence-corrected chi connectivity index (χ4v) is 2.60. The second-order valence-corrected chi connectivity index (χ2v) is 4.68. The van der Waals surface area contributed by atoms with Crippen molar-refractivity contribution in [2.75, 3.05) is 12.3 Å². The molecule has 0 saturated carbocycles. The highest BCUT2D eigenvalue weighted by molar-refractivity contribution is 8.24. The second-order valence-electron chi connectivity index (χ2n) is 2.60. The van der Waals surface area contributed by atoms with Crippen molar-refractivity contribution < 1.29 is 9.90 Å². The molecule has 1 saturated heterocycles. The summed E-state index contributed by atoms with van der Waals surface area (Å²) in [4.78, 5) is 12.9. The molecule has 0 spiro atoms. The smallest absolute Gasteiger partial charge is 0.303 e. The van der Waals surface area contributed by atoms with Gasteiger partial charge in [-0.2, -0.15) is 0 Å². The van der Waals surface area contributed by atoms with E-state index in [-0.39, 0.29) is 6.42 Å². The molecule has 0 amide bonds. The van der Waals surface area contributed by atoms with Gasteiger partial charge in [-0.15, -0.1) is 0 Å². The number of rotatable bonds is 4. The predicted octanol–water partition coefficient (Wildman–Crippen LogP) is 1.51. The molecule has 1 fully saturated rings. The lowest BCUT2D eigenvalue weighted by Gasteiger charge is -2.15. The molecule has 0 aliphatic carbocycles. The number of thiocarbonyl (C=S) groups is 2. The number of hydrogen-bond acceptors (Lipinski definition) is 4. The van der Waals surface area contributed by atoms with Crippen molar-refractivity contribution in [3.63, 3.8) is 0 Å². The minimum absolute atomic E-state index is 0.173. The standard InChI is InChI=1S/C7H9NO2S3/c9-6(10)2-1-3-8-5(11)4-13-7(8)12/h1-4H2,(H,9,10). The van der Waals surface area contributed by atoms with E-state index < -0.39 is 5.97 Å². The molecule has 0 atom stereocenters. The van der Waals surface area contributed by atoms with E-state index in [4.69, 9.17) is 29.5 Å². The van der Waals surface area contributed by atoms with Gasteiger partial charge in [0, 0.05) is 13.0 Å². The Hall–Kier alpha value is -0.200. The first-order valence-corrected chi connectivity index (χ1v) is 5.60. The molecule has 6 heteroatoms. The SMILES string of the molecule is O=C(O)CCCN1C(=S)CSC1=S. The van der Waals surface area contributed by atoms with E-state index in [1.807, 2.05) is 4.90 Å². The molecule has 1 heterocycles. The first-order valence-electron chi connectivity index (χ1n) is 3.80. The molecule has 3 nitrogen and oxygen atoms in total. The zero-order chi connectivity index (χ0) is 9.84. The average molecular weight is 235 g/mol. The molecule has 0 aromatic rings. The minimum Gasteiger partial charge on any atom is -0.481 e. The van der Waals surface area contributed by atoms with Crippen LogP contribution in [0.15, 0.2) is 0 Å². The third-order valence-electron chi connectivity index (χ3n) is 1.61. The maximum absolute atomic E-state index is 10.2. The highest BCUT2D eigenvalue weighted by atomic mass is 32.2. The zero-order valence-corrected chi connectivity index (χ0v) is 9.31. The number of hydrogen-bond donors (Lipinski definition) is 1. The van der Waals surface area contributed by atoms with Gasteiger partial charge in [0.15, 0.2) is 0 Å². The molecule has 0 aromatic heterocycles. The summed E-state index contributed by atoms with van der Waals surface area (Å²) in [7, 11) is 0. The molecule has 72 valence electrons. The van der Waals surface area contributed by atoms with E-state index in [2.05, 4.69) is 0 Å². The largest absolute Gasteiger partial charge is 0.481 e. The summed E-state index contributed by atoms with van der Waals surface area (Å²) >= 11 is 11.7. The topological polar surface area (TPSA) is 40.5 Å². The van der Waals surface area contributed by atoms with E-state index >= 15 is 0 Å². The molecule has 13 heavy (non-hydrogen) atoms. The first kappa shape index (κ1) is 10.9. The number of aliphatic carboxylic acids is 1. The summed E-state index contributed by atoms with van der Waals surface area (Å²) in [5.41, 5.74) is 0. The molecule has 1 N–H and O–H groups in total. The van der Waals surface area contributed by atoms with Crippen LogP contribution in [-0.2, 0) is 4.79 Å². The van der Waals surface area contributed by atoms with Crippen molar-refractivity contribution in [1.29, 1.82) is 0 Å². The number of carbonyl (C=O) groups is 1. The van der Waals surface area contributed by atoms with Crippen molar-refractivity contribution in [3.8, 4) is 0 Å². The third kappa shape index (κ3) is 3.21. The average Bonchev–Trinajstić information content (AvgIpc) is 2.34. The van der Waals surface area contributed by atoms with E-state index in [9.17, 15) is 4.79 Å².